The van der Waals surface area contributed by atoms with E-state index in [1.807, 2.05) is 13.0 Å². The lowest BCUT2D eigenvalue weighted by molar-refractivity contribution is 0.159. The van der Waals surface area contributed by atoms with E-state index in [1.165, 1.54) is 4.90 Å². The second-order valence-electron chi connectivity index (χ2n) is 6.26. The quantitative estimate of drug-likeness (QED) is 0.615. The van der Waals surface area contributed by atoms with Crippen LogP contribution in [0.15, 0.2) is 11.6 Å². The maximum absolute atomic E-state index is 10.7. The van der Waals surface area contributed by atoms with E-state index in [1.54, 1.807) is 7.05 Å². The van der Waals surface area contributed by atoms with Gasteiger partial charge in [-0.2, -0.15) is 0 Å². The molecule has 0 saturated heterocycles. The number of nitrogens with zero attached hydrogens (tertiary/aromatic N) is 1. The van der Waals surface area contributed by atoms with Crippen molar-refractivity contribution in [2.45, 2.75) is 45.8 Å². The van der Waals surface area contributed by atoms with E-state index in [2.05, 4.69) is 33.9 Å². The summed E-state index contributed by atoms with van der Waals surface area (Å²) in [6.45, 7) is 13.9. The summed E-state index contributed by atoms with van der Waals surface area (Å²) >= 11 is 0. The molecule has 0 aliphatic carbocycles. The topological polar surface area (TPSA) is 49.8 Å². The minimum absolute atomic E-state index is 0.201. The molecule has 0 aromatic heterocycles. The summed E-state index contributed by atoms with van der Waals surface area (Å²) < 4.78 is 6.00. The van der Waals surface area contributed by atoms with Crippen molar-refractivity contribution >= 4 is 14.4 Å². The number of carboxylic acid groups (broad SMARTS) is 1. The number of carbonyl (C=O) groups is 1. The molecule has 1 amide bonds. The number of hydrogen-bond donors (Lipinski definition) is 1. The van der Waals surface area contributed by atoms with Crippen molar-refractivity contribution in [1.82, 2.24) is 4.90 Å². The van der Waals surface area contributed by atoms with Crippen molar-refractivity contribution in [2.75, 3.05) is 20.2 Å². The second kappa shape index (κ2) is 6.38. The van der Waals surface area contributed by atoms with Crippen LogP contribution in [0.3, 0.4) is 0 Å². The molecular formula is C13H27NO3Si. The SMILES string of the molecule is CC(=CCO[Si](C)(C)C(C)(C)C)CN(C)C(=O)O. The lowest BCUT2D eigenvalue weighted by Crippen LogP contribution is -2.40. The molecule has 0 radical (unpaired) electrons. The summed E-state index contributed by atoms with van der Waals surface area (Å²) in [7, 11) is -0.144. The zero-order chi connectivity index (χ0) is 14.6. The molecule has 4 nitrogen and oxygen atoms in total. The summed E-state index contributed by atoms with van der Waals surface area (Å²) in [5.74, 6) is 0. The average Bonchev–Trinajstić information content (AvgIpc) is 2.14. The molecule has 0 fully saturated rings. The Morgan fingerprint density at radius 1 is 1.39 bits per heavy atom. The Hall–Kier alpha value is -0.813. The lowest BCUT2D eigenvalue weighted by Gasteiger charge is -2.35. The minimum Gasteiger partial charge on any atom is -0.465 e. The van der Waals surface area contributed by atoms with Crippen LogP contribution in [-0.4, -0.2) is 44.6 Å². The van der Waals surface area contributed by atoms with E-state index in [9.17, 15) is 4.79 Å². The fourth-order valence-corrected chi connectivity index (χ4v) is 2.05. The summed E-state index contributed by atoms with van der Waals surface area (Å²) in [5, 5.41) is 8.97. The van der Waals surface area contributed by atoms with Crippen LogP contribution in [0.4, 0.5) is 4.79 Å². The molecular weight excluding hydrogens is 246 g/mol. The first-order chi connectivity index (χ1) is 7.97. The van der Waals surface area contributed by atoms with Crippen LogP contribution in [0, 0.1) is 0 Å². The Morgan fingerprint density at radius 3 is 2.28 bits per heavy atom. The Labute approximate surface area is 112 Å². The third-order valence-electron chi connectivity index (χ3n) is 3.50. The first-order valence-electron chi connectivity index (χ1n) is 6.21. The molecule has 0 aromatic rings. The van der Waals surface area contributed by atoms with Crippen LogP contribution >= 0.6 is 0 Å². The molecule has 0 unspecified atom stereocenters. The highest BCUT2D eigenvalue weighted by Gasteiger charge is 2.36. The van der Waals surface area contributed by atoms with Crippen molar-refractivity contribution in [2.24, 2.45) is 0 Å². The van der Waals surface area contributed by atoms with E-state index in [4.69, 9.17) is 9.53 Å². The highest BCUT2D eigenvalue weighted by atomic mass is 28.4. The fourth-order valence-electron chi connectivity index (χ4n) is 1.12. The van der Waals surface area contributed by atoms with E-state index >= 15 is 0 Å². The number of hydrogen-bond acceptors (Lipinski definition) is 2. The molecule has 0 aromatic carbocycles. The molecule has 0 bridgehead atoms. The third kappa shape index (κ3) is 5.69. The van der Waals surface area contributed by atoms with Gasteiger partial charge in [0.1, 0.15) is 0 Å². The predicted molar refractivity (Wildman–Crippen MR) is 77.6 cm³/mol. The number of amides is 1. The summed E-state index contributed by atoms with van der Waals surface area (Å²) in [4.78, 5) is 11.9. The Morgan fingerprint density at radius 2 is 1.89 bits per heavy atom. The standard InChI is InChI=1S/C13H27NO3Si/c1-11(10-14(5)12(15)16)8-9-17-18(6,7)13(2,3)4/h8H,9-10H2,1-7H3,(H,15,16). The van der Waals surface area contributed by atoms with Gasteiger partial charge in [-0.1, -0.05) is 32.4 Å². The molecule has 1 N–H and O–H groups in total. The van der Waals surface area contributed by atoms with Crippen molar-refractivity contribution in [3.8, 4) is 0 Å². The molecule has 0 aliphatic rings. The number of rotatable bonds is 5. The van der Waals surface area contributed by atoms with Crippen LogP contribution in [0.1, 0.15) is 27.7 Å². The van der Waals surface area contributed by atoms with Gasteiger partial charge in [0.15, 0.2) is 8.32 Å². The smallest absolute Gasteiger partial charge is 0.407 e. The Balaban J connectivity index is 4.29. The first-order valence-corrected chi connectivity index (χ1v) is 9.12. The summed E-state index contributed by atoms with van der Waals surface area (Å²) in [6.07, 6.45) is 1.06. The monoisotopic (exact) mass is 273 g/mol. The number of likely N-dealkylation sites (N-methyl/N-ethyl adjacent to an activating group) is 1. The molecule has 0 atom stereocenters. The average molecular weight is 273 g/mol. The van der Waals surface area contributed by atoms with E-state index in [0.717, 1.165) is 5.57 Å². The van der Waals surface area contributed by atoms with E-state index in [-0.39, 0.29) is 5.04 Å². The second-order valence-corrected chi connectivity index (χ2v) is 11.1. The van der Waals surface area contributed by atoms with E-state index in [0.29, 0.717) is 13.2 Å². The molecule has 5 heteroatoms. The van der Waals surface area contributed by atoms with Gasteiger partial charge in [-0.25, -0.2) is 4.79 Å². The van der Waals surface area contributed by atoms with Crippen molar-refractivity contribution < 1.29 is 14.3 Å². The summed E-state index contributed by atoms with van der Waals surface area (Å²) in [6, 6.07) is 0. The van der Waals surface area contributed by atoms with Gasteiger partial charge in [-0.15, -0.1) is 0 Å². The fraction of sp³-hybridized carbons (Fsp3) is 0.769. The third-order valence-corrected chi connectivity index (χ3v) is 8.00. The maximum Gasteiger partial charge on any atom is 0.407 e. The minimum atomic E-state index is -1.71. The van der Waals surface area contributed by atoms with Gasteiger partial charge in [0.05, 0.1) is 6.61 Å². The lowest BCUT2D eigenvalue weighted by atomic mass is 10.2. The van der Waals surface area contributed by atoms with Crippen molar-refractivity contribution in [1.29, 1.82) is 0 Å². The Kier molecular flexibility index (Phi) is 6.09. The van der Waals surface area contributed by atoms with Crippen molar-refractivity contribution in [3.05, 3.63) is 11.6 Å². The molecule has 18 heavy (non-hydrogen) atoms. The highest BCUT2D eigenvalue weighted by molar-refractivity contribution is 6.74. The normalized spacial score (nSPS) is 13.6. The van der Waals surface area contributed by atoms with Gasteiger partial charge >= 0.3 is 6.09 Å². The van der Waals surface area contributed by atoms with Gasteiger partial charge in [0, 0.05) is 13.6 Å². The predicted octanol–water partition coefficient (Wildman–Crippen LogP) is 3.56. The molecule has 0 aliphatic heterocycles. The van der Waals surface area contributed by atoms with Crippen LogP contribution < -0.4 is 0 Å². The molecule has 0 saturated carbocycles. The van der Waals surface area contributed by atoms with Gasteiger partial charge in [-0.05, 0) is 25.1 Å². The summed E-state index contributed by atoms with van der Waals surface area (Å²) in [5.41, 5.74) is 1.01. The Bertz CT molecular complexity index is 319. The van der Waals surface area contributed by atoms with Crippen LogP contribution in [0.2, 0.25) is 18.1 Å². The van der Waals surface area contributed by atoms with E-state index < -0.39 is 14.4 Å². The zero-order valence-corrected chi connectivity index (χ0v) is 13.7. The van der Waals surface area contributed by atoms with Gasteiger partial charge < -0.3 is 14.4 Å². The molecule has 0 rings (SSSR count). The first kappa shape index (κ1) is 17.2. The van der Waals surface area contributed by atoms with Gasteiger partial charge in [-0.3, -0.25) is 0 Å². The van der Waals surface area contributed by atoms with Crippen LogP contribution in [0.5, 0.6) is 0 Å². The van der Waals surface area contributed by atoms with Crippen molar-refractivity contribution in [3.63, 3.8) is 0 Å². The van der Waals surface area contributed by atoms with Gasteiger partial charge in [0.25, 0.3) is 0 Å². The molecule has 106 valence electrons. The largest absolute Gasteiger partial charge is 0.465 e. The maximum atomic E-state index is 10.7. The molecule has 0 heterocycles. The van der Waals surface area contributed by atoms with Crippen LogP contribution in [-0.2, 0) is 4.43 Å². The van der Waals surface area contributed by atoms with Crippen LogP contribution in [0.25, 0.3) is 0 Å². The van der Waals surface area contributed by atoms with Gasteiger partial charge in [0.2, 0.25) is 0 Å². The zero-order valence-electron chi connectivity index (χ0n) is 12.7. The highest BCUT2D eigenvalue weighted by Crippen LogP contribution is 2.36. The molecule has 0 spiro atoms.